The first-order chi connectivity index (χ1) is 16.6. The van der Waals surface area contributed by atoms with Gasteiger partial charge in [0, 0.05) is 29.9 Å². The first kappa shape index (κ1) is 30.4. The van der Waals surface area contributed by atoms with Gasteiger partial charge in [0.15, 0.2) is 0 Å². The number of nitrogens with zero attached hydrogens (tertiary/aromatic N) is 1. The lowest BCUT2D eigenvalue weighted by Gasteiger charge is -2.22. The van der Waals surface area contributed by atoms with Crippen LogP contribution in [0.4, 0.5) is 5.69 Å². The molecule has 0 radical (unpaired) electrons. The standard InChI is InChI=1S/C26H40N2O6S/c1-21(2)25(29)33-19-11-7-5-9-17-28(35(31,32)24-15-13-23(27)14-16-24)18-10-6-8-12-20-34-26(30)22(3)4/h13-16H,1,3,5-12,17-20,27H2,2,4H3. The van der Waals surface area contributed by atoms with Crippen molar-refractivity contribution in [1.29, 1.82) is 0 Å². The van der Waals surface area contributed by atoms with Gasteiger partial charge < -0.3 is 15.2 Å². The molecule has 8 nitrogen and oxygen atoms in total. The van der Waals surface area contributed by atoms with E-state index in [1.807, 2.05) is 0 Å². The fourth-order valence-electron chi connectivity index (χ4n) is 3.20. The van der Waals surface area contributed by atoms with Crippen LogP contribution in [0, 0.1) is 0 Å². The van der Waals surface area contributed by atoms with Crippen LogP contribution in [-0.4, -0.2) is 51.0 Å². The number of rotatable bonds is 18. The summed E-state index contributed by atoms with van der Waals surface area (Å²) in [5.74, 6) is -0.778. The quantitative estimate of drug-likeness (QED) is 0.133. The number of nitrogens with two attached hydrogens (primary N) is 1. The molecule has 35 heavy (non-hydrogen) atoms. The zero-order valence-electron chi connectivity index (χ0n) is 21.1. The normalized spacial score (nSPS) is 11.3. The Morgan fingerprint density at radius 3 is 1.57 bits per heavy atom. The molecule has 0 aliphatic rings. The molecule has 0 unspecified atom stereocenters. The minimum absolute atomic E-state index is 0.227. The SMILES string of the molecule is C=C(C)C(=O)OCCCCCCN(CCCCCCOC(=O)C(=C)C)S(=O)(=O)c1ccc(N)cc1. The largest absolute Gasteiger partial charge is 0.462 e. The van der Waals surface area contributed by atoms with Crippen molar-refractivity contribution in [3.8, 4) is 0 Å². The summed E-state index contributed by atoms with van der Waals surface area (Å²) in [4.78, 5) is 23.0. The van der Waals surface area contributed by atoms with Crippen molar-refractivity contribution in [2.45, 2.75) is 70.1 Å². The van der Waals surface area contributed by atoms with Crippen molar-refractivity contribution in [1.82, 2.24) is 4.31 Å². The van der Waals surface area contributed by atoms with E-state index >= 15 is 0 Å². The van der Waals surface area contributed by atoms with E-state index in [-0.39, 0.29) is 16.8 Å². The fourth-order valence-corrected chi connectivity index (χ4v) is 4.72. The van der Waals surface area contributed by atoms with Crippen molar-refractivity contribution in [2.24, 2.45) is 0 Å². The fraction of sp³-hybridized carbons (Fsp3) is 0.538. The average Bonchev–Trinajstić information content (AvgIpc) is 2.80. The molecule has 0 heterocycles. The van der Waals surface area contributed by atoms with Gasteiger partial charge in [0.05, 0.1) is 18.1 Å². The highest BCUT2D eigenvalue weighted by Gasteiger charge is 2.23. The van der Waals surface area contributed by atoms with Gasteiger partial charge in [0.1, 0.15) is 0 Å². The molecule has 0 bridgehead atoms. The summed E-state index contributed by atoms with van der Waals surface area (Å²) in [6, 6.07) is 6.24. The van der Waals surface area contributed by atoms with Crippen LogP contribution in [-0.2, 0) is 29.1 Å². The minimum atomic E-state index is -3.63. The Hall–Kier alpha value is -2.65. The van der Waals surface area contributed by atoms with Crippen LogP contribution in [0.25, 0.3) is 0 Å². The monoisotopic (exact) mass is 508 g/mol. The predicted octanol–water partition coefficient (Wildman–Crippen LogP) is 4.62. The summed E-state index contributed by atoms with van der Waals surface area (Å²) < 4.78 is 38.1. The number of unbranched alkanes of at least 4 members (excludes halogenated alkanes) is 6. The second kappa shape index (κ2) is 16.1. The van der Waals surface area contributed by atoms with Gasteiger partial charge in [-0.2, -0.15) is 4.31 Å². The molecule has 1 aromatic carbocycles. The summed E-state index contributed by atoms with van der Waals surface area (Å²) >= 11 is 0. The molecule has 2 N–H and O–H groups in total. The van der Waals surface area contributed by atoms with E-state index in [4.69, 9.17) is 15.2 Å². The van der Waals surface area contributed by atoms with Gasteiger partial charge in [0.2, 0.25) is 10.0 Å². The zero-order chi connectivity index (χ0) is 26.3. The van der Waals surface area contributed by atoms with Crippen LogP contribution >= 0.6 is 0 Å². The van der Waals surface area contributed by atoms with Crippen molar-refractivity contribution in [3.63, 3.8) is 0 Å². The highest BCUT2D eigenvalue weighted by Crippen LogP contribution is 2.19. The number of carbonyl (C=O) groups is 2. The molecule has 0 amide bonds. The zero-order valence-corrected chi connectivity index (χ0v) is 21.9. The maximum Gasteiger partial charge on any atom is 0.333 e. The Bertz CT molecular complexity index is 901. The van der Waals surface area contributed by atoms with Gasteiger partial charge in [-0.25, -0.2) is 18.0 Å². The molecular weight excluding hydrogens is 468 g/mol. The van der Waals surface area contributed by atoms with Crippen LogP contribution in [0.2, 0.25) is 0 Å². The molecular formula is C26H40N2O6S. The van der Waals surface area contributed by atoms with Crippen LogP contribution in [0.5, 0.6) is 0 Å². The third-order valence-electron chi connectivity index (χ3n) is 5.28. The smallest absolute Gasteiger partial charge is 0.333 e. The van der Waals surface area contributed by atoms with Gasteiger partial charge in [-0.1, -0.05) is 38.8 Å². The van der Waals surface area contributed by atoms with E-state index in [1.54, 1.807) is 26.0 Å². The number of sulfonamides is 1. The topological polar surface area (TPSA) is 116 Å². The third kappa shape index (κ3) is 12.0. The lowest BCUT2D eigenvalue weighted by atomic mass is 10.2. The Morgan fingerprint density at radius 1 is 0.771 bits per heavy atom. The second-order valence-electron chi connectivity index (χ2n) is 8.63. The molecule has 0 aliphatic heterocycles. The first-order valence-electron chi connectivity index (χ1n) is 12.1. The number of anilines is 1. The number of ether oxygens (including phenoxy) is 2. The molecule has 0 saturated carbocycles. The van der Waals surface area contributed by atoms with Crippen LogP contribution in [0.3, 0.4) is 0 Å². The first-order valence-corrected chi connectivity index (χ1v) is 13.5. The van der Waals surface area contributed by atoms with Gasteiger partial charge in [-0.3, -0.25) is 0 Å². The summed E-state index contributed by atoms with van der Waals surface area (Å²) in [6.07, 6.45) is 6.18. The Labute approximate surface area is 210 Å². The molecule has 196 valence electrons. The van der Waals surface area contributed by atoms with Gasteiger partial charge >= 0.3 is 11.9 Å². The lowest BCUT2D eigenvalue weighted by molar-refractivity contribution is -0.139. The Balaban J connectivity index is 2.51. The Kier molecular flexibility index (Phi) is 14.0. The number of benzene rings is 1. The third-order valence-corrected chi connectivity index (χ3v) is 7.20. The molecule has 9 heteroatoms. The van der Waals surface area contributed by atoms with Crippen molar-refractivity contribution >= 4 is 27.6 Å². The van der Waals surface area contributed by atoms with E-state index in [0.717, 1.165) is 38.5 Å². The maximum atomic E-state index is 13.2. The molecule has 0 aromatic heterocycles. The molecule has 0 aliphatic carbocycles. The van der Waals surface area contributed by atoms with Crippen molar-refractivity contribution in [2.75, 3.05) is 32.0 Å². The van der Waals surface area contributed by atoms with Crippen molar-refractivity contribution < 1.29 is 27.5 Å². The summed E-state index contributed by atoms with van der Waals surface area (Å²) in [5, 5.41) is 0. The minimum Gasteiger partial charge on any atom is -0.462 e. The van der Waals surface area contributed by atoms with E-state index in [2.05, 4.69) is 13.2 Å². The van der Waals surface area contributed by atoms with E-state index in [9.17, 15) is 18.0 Å². The van der Waals surface area contributed by atoms with Crippen LogP contribution < -0.4 is 5.73 Å². The number of esters is 2. The number of hydrogen-bond acceptors (Lipinski definition) is 7. The van der Waals surface area contributed by atoms with Gasteiger partial charge in [-0.15, -0.1) is 0 Å². The number of hydrogen-bond donors (Lipinski definition) is 1. The summed E-state index contributed by atoms with van der Waals surface area (Å²) in [7, 11) is -3.63. The van der Waals surface area contributed by atoms with E-state index in [0.29, 0.717) is 56.0 Å². The number of carbonyl (C=O) groups excluding carboxylic acids is 2. The summed E-state index contributed by atoms with van der Waals surface area (Å²) in [5.41, 5.74) is 6.97. The molecule has 0 spiro atoms. The van der Waals surface area contributed by atoms with Crippen LogP contribution in [0.15, 0.2) is 53.5 Å². The second-order valence-corrected chi connectivity index (χ2v) is 10.6. The highest BCUT2D eigenvalue weighted by atomic mass is 32.2. The van der Waals surface area contributed by atoms with Gasteiger partial charge in [0.25, 0.3) is 0 Å². The highest BCUT2D eigenvalue weighted by molar-refractivity contribution is 7.89. The molecule has 1 aromatic rings. The molecule has 0 atom stereocenters. The summed E-state index contributed by atoms with van der Waals surface area (Å²) in [6.45, 7) is 11.8. The average molecular weight is 509 g/mol. The van der Waals surface area contributed by atoms with Crippen molar-refractivity contribution in [3.05, 3.63) is 48.6 Å². The molecule has 0 fully saturated rings. The Morgan fingerprint density at radius 2 is 1.17 bits per heavy atom. The number of nitrogen functional groups attached to an aromatic ring is 1. The maximum absolute atomic E-state index is 13.2. The van der Waals surface area contributed by atoms with Crippen LogP contribution in [0.1, 0.15) is 65.2 Å². The molecule has 0 saturated heterocycles. The van der Waals surface area contributed by atoms with E-state index in [1.165, 1.54) is 16.4 Å². The van der Waals surface area contributed by atoms with Gasteiger partial charge in [-0.05, 0) is 63.8 Å². The molecule has 1 rings (SSSR count). The van der Waals surface area contributed by atoms with E-state index < -0.39 is 10.0 Å². The lowest BCUT2D eigenvalue weighted by Crippen LogP contribution is -2.33. The predicted molar refractivity (Wildman–Crippen MR) is 138 cm³/mol.